The predicted molar refractivity (Wildman–Crippen MR) is 83.3 cm³/mol. The van der Waals surface area contributed by atoms with Crippen molar-refractivity contribution in [3.8, 4) is 0 Å². The van der Waals surface area contributed by atoms with Crippen molar-refractivity contribution in [2.75, 3.05) is 6.54 Å². The van der Waals surface area contributed by atoms with Crippen LogP contribution in [0.5, 0.6) is 0 Å². The first kappa shape index (κ1) is 15.3. The summed E-state index contributed by atoms with van der Waals surface area (Å²) in [6.07, 6.45) is 7.98. The second-order valence-corrected chi connectivity index (χ2v) is 5.29. The van der Waals surface area contributed by atoms with Gasteiger partial charge in [0.25, 0.3) is 11.8 Å². The van der Waals surface area contributed by atoms with Crippen molar-refractivity contribution in [3.63, 3.8) is 0 Å². The Hall–Kier alpha value is -2.10. The summed E-state index contributed by atoms with van der Waals surface area (Å²) in [5, 5.41) is 5.84. The Kier molecular flexibility index (Phi) is 5.55. The lowest BCUT2D eigenvalue weighted by Gasteiger charge is -2.19. The van der Waals surface area contributed by atoms with Gasteiger partial charge in [0, 0.05) is 23.7 Å². The minimum Gasteiger partial charge on any atom is -0.352 e. The number of hydrogen-bond acceptors (Lipinski definition) is 2. The number of nitrogens with one attached hydrogen (secondary N) is 2. The van der Waals surface area contributed by atoms with E-state index >= 15 is 0 Å². The highest BCUT2D eigenvalue weighted by atomic mass is 16.2. The second kappa shape index (κ2) is 7.62. The first-order valence-corrected chi connectivity index (χ1v) is 7.55. The van der Waals surface area contributed by atoms with Crippen LogP contribution in [-0.2, 0) is 0 Å². The van der Waals surface area contributed by atoms with Crippen LogP contribution in [0.2, 0.25) is 0 Å². The van der Waals surface area contributed by atoms with Gasteiger partial charge in [-0.1, -0.05) is 25.1 Å². The maximum atomic E-state index is 12.2. The molecule has 1 aromatic carbocycles. The van der Waals surface area contributed by atoms with Gasteiger partial charge >= 0.3 is 0 Å². The van der Waals surface area contributed by atoms with Gasteiger partial charge in [0.15, 0.2) is 0 Å². The first-order valence-electron chi connectivity index (χ1n) is 7.55. The van der Waals surface area contributed by atoms with Crippen molar-refractivity contribution in [2.45, 2.75) is 38.6 Å². The van der Waals surface area contributed by atoms with Crippen molar-refractivity contribution in [3.05, 3.63) is 47.5 Å². The van der Waals surface area contributed by atoms with E-state index in [2.05, 4.69) is 22.8 Å². The zero-order valence-corrected chi connectivity index (χ0v) is 12.4. The van der Waals surface area contributed by atoms with Crippen LogP contribution in [0.15, 0.2) is 36.4 Å². The third kappa shape index (κ3) is 4.45. The van der Waals surface area contributed by atoms with E-state index in [1.165, 1.54) is 0 Å². The summed E-state index contributed by atoms with van der Waals surface area (Å²) in [7, 11) is 0. The lowest BCUT2D eigenvalue weighted by molar-refractivity contribution is 0.0934. The van der Waals surface area contributed by atoms with Gasteiger partial charge in [0.05, 0.1) is 0 Å². The fourth-order valence-electron chi connectivity index (χ4n) is 2.34. The van der Waals surface area contributed by atoms with Crippen LogP contribution in [-0.4, -0.2) is 24.4 Å². The number of benzene rings is 1. The Morgan fingerprint density at radius 2 is 1.95 bits per heavy atom. The molecular formula is C17H22N2O2. The third-order valence-corrected chi connectivity index (χ3v) is 3.53. The van der Waals surface area contributed by atoms with Gasteiger partial charge in [-0.25, -0.2) is 0 Å². The molecule has 2 amide bonds. The standard InChI is InChI=1S/C17H22N2O2/c1-2-11-18-16(20)13-7-6-8-14(12-13)17(21)19-15-9-4-3-5-10-15/h3-4,6-8,12,15H,2,5,9-11H2,1H3,(H,18,20)(H,19,21). The molecule has 21 heavy (non-hydrogen) atoms. The summed E-state index contributed by atoms with van der Waals surface area (Å²) in [5.41, 5.74) is 1.06. The molecule has 1 aliphatic rings. The van der Waals surface area contributed by atoms with Crippen LogP contribution in [0.25, 0.3) is 0 Å². The molecule has 0 fully saturated rings. The Balaban J connectivity index is 2.00. The van der Waals surface area contributed by atoms with Crippen molar-refractivity contribution in [2.24, 2.45) is 0 Å². The van der Waals surface area contributed by atoms with Crippen molar-refractivity contribution >= 4 is 11.8 Å². The van der Waals surface area contributed by atoms with Gasteiger partial charge in [-0.15, -0.1) is 0 Å². The number of allylic oxidation sites excluding steroid dienone is 1. The van der Waals surface area contributed by atoms with Crippen LogP contribution < -0.4 is 10.6 Å². The first-order chi connectivity index (χ1) is 10.2. The van der Waals surface area contributed by atoms with Crippen molar-refractivity contribution in [1.82, 2.24) is 10.6 Å². The van der Waals surface area contributed by atoms with Crippen molar-refractivity contribution < 1.29 is 9.59 Å². The number of rotatable bonds is 5. The monoisotopic (exact) mass is 286 g/mol. The average molecular weight is 286 g/mol. The smallest absolute Gasteiger partial charge is 0.251 e. The molecular weight excluding hydrogens is 264 g/mol. The molecule has 0 saturated carbocycles. The molecule has 1 unspecified atom stereocenters. The molecule has 4 heteroatoms. The highest BCUT2D eigenvalue weighted by Crippen LogP contribution is 2.12. The van der Waals surface area contributed by atoms with Gasteiger partial charge in [-0.2, -0.15) is 0 Å². The summed E-state index contributed by atoms with van der Waals surface area (Å²) in [6.45, 7) is 2.65. The number of amides is 2. The number of carbonyl (C=O) groups is 2. The second-order valence-electron chi connectivity index (χ2n) is 5.29. The third-order valence-electron chi connectivity index (χ3n) is 3.53. The van der Waals surface area contributed by atoms with E-state index in [1.54, 1.807) is 24.3 Å². The topological polar surface area (TPSA) is 58.2 Å². The lowest BCUT2D eigenvalue weighted by Crippen LogP contribution is -2.35. The molecule has 4 nitrogen and oxygen atoms in total. The quantitative estimate of drug-likeness (QED) is 0.818. The van der Waals surface area contributed by atoms with Crippen LogP contribution in [0.1, 0.15) is 53.3 Å². The van der Waals surface area contributed by atoms with E-state index in [-0.39, 0.29) is 17.9 Å². The molecule has 0 bridgehead atoms. The van der Waals surface area contributed by atoms with Gasteiger partial charge in [-0.3, -0.25) is 9.59 Å². The van der Waals surface area contributed by atoms with Gasteiger partial charge in [0.1, 0.15) is 0 Å². The molecule has 0 spiro atoms. The van der Waals surface area contributed by atoms with Crippen LogP contribution in [0.4, 0.5) is 0 Å². The highest BCUT2D eigenvalue weighted by molar-refractivity contribution is 5.99. The van der Waals surface area contributed by atoms with E-state index in [0.717, 1.165) is 25.7 Å². The fraction of sp³-hybridized carbons (Fsp3) is 0.412. The molecule has 0 heterocycles. The molecule has 0 saturated heterocycles. The van der Waals surface area contributed by atoms with E-state index in [0.29, 0.717) is 17.7 Å². The van der Waals surface area contributed by atoms with E-state index in [9.17, 15) is 9.59 Å². The molecule has 1 atom stereocenters. The Morgan fingerprint density at radius 1 is 1.19 bits per heavy atom. The summed E-state index contributed by atoms with van der Waals surface area (Å²) in [6, 6.07) is 7.06. The van der Waals surface area contributed by atoms with Gasteiger partial charge in [0.2, 0.25) is 0 Å². The van der Waals surface area contributed by atoms with Crippen molar-refractivity contribution in [1.29, 1.82) is 0 Å². The van der Waals surface area contributed by atoms with Crippen LogP contribution in [0, 0.1) is 0 Å². The summed E-state index contributed by atoms with van der Waals surface area (Å²) in [5.74, 6) is -0.243. The normalized spacial score (nSPS) is 17.3. The zero-order chi connectivity index (χ0) is 15.1. The summed E-state index contributed by atoms with van der Waals surface area (Å²) < 4.78 is 0. The molecule has 0 aromatic heterocycles. The molecule has 1 aromatic rings. The van der Waals surface area contributed by atoms with Gasteiger partial charge < -0.3 is 10.6 Å². The summed E-state index contributed by atoms with van der Waals surface area (Å²) in [4.78, 5) is 24.2. The zero-order valence-electron chi connectivity index (χ0n) is 12.4. The number of hydrogen-bond donors (Lipinski definition) is 2. The minimum absolute atomic E-state index is 0.111. The van der Waals surface area contributed by atoms with E-state index < -0.39 is 0 Å². The van der Waals surface area contributed by atoms with E-state index in [1.807, 2.05) is 6.92 Å². The Labute approximate surface area is 125 Å². The SMILES string of the molecule is CCCNC(=O)c1cccc(C(=O)NC2CC=CCC2)c1. The lowest BCUT2D eigenvalue weighted by atomic mass is 10.0. The molecule has 0 aliphatic heterocycles. The predicted octanol–water partition coefficient (Wildman–Crippen LogP) is 2.66. The Bertz CT molecular complexity index is 537. The average Bonchev–Trinajstić information content (AvgIpc) is 2.53. The van der Waals surface area contributed by atoms with E-state index in [4.69, 9.17) is 0 Å². The summed E-state index contributed by atoms with van der Waals surface area (Å²) >= 11 is 0. The molecule has 1 aliphatic carbocycles. The highest BCUT2D eigenvalue weighted by Gasteiger charge is 2.15. The maximum Gasteiger partial charge on any atom is 0.251 e. The molecule has 112 valence electrons. The number of carbonyl (C=O) groups excluding carboxylic acids is 2. The Morgan fingerprint density at radius 3 is 2.62 bits per heavy atom. The minimum atomic E-state index is -0.132. The maximum absolute atomic E-state index is 12.2. The molecule has 2 rings (SSSR count). The molecule has 2 N–H and O–H groups in total. The largest absolute Gasteiger partial charge is 0.352 e. The fourth-order valence-corrected chi connectivity index (χ4v) is 2.34. The van der Waals surface area contributed by atoms with Crippen LogP contribution >= 0.6 is 0 Å². The van der Waals surface area contributed by atoms with Crippen LogP contribution in [0.3, 0.4) is 0 Å². The molecule has 0 radical (unpaired) electrons. The van der Waals surface area contributed by atoms with Gasteiger partial charge in [-0.05, 0) is 43.9 Å².